The molecule has 1 saturated heterocycles. The van der Waals surface area contributed by atoms with E-state index in [1.165, 1.54) is 12.3 Å². The van der Waals surface area contributed by atoms with E-state index in [1.807, 2.05) is 14.1 Å². The first-order chi connectivity index (χ1) is 8.56. The summed E-state index contributed by atoms with van der Waals surface area (Å²) in [5.74, 6) is -0.458. The van der Waals surface area contributed by atoms with Gasteiger partial charge >= 0.3 is 6.03 Å². The summed E-state index contributed by atoms with van der Waals surface area (Å²) >= 11 is 0. The molecule has 0 saturated carbocycles. The van der Waals surface area contributed by atoms with Crippen LogP contribution in [0.1, 0.15) is 6.42 Å². The molecule has 0 bridgehead atoms. The molecule has 0 aliphatic carbocycles. The molecular weight excluding hydrogens is 235 g/mol. The molecule has 2 heterocycles. The van der Waals surface area contributed by atoms with Crippen LogP contribution in [-0.2, 0) is 0 Å². The number of hydrogen-bond donors (Lipinski definition) is 1. The van der Waals surface area contributed by atoms with Crippen molar-refractivity contribution in [3.8, 4) is 0 Å². The molecule has 5 nitrogen and oxygen atoms in total. The van der Waals surface area contributed by atoms with Crippen molar-refractivity contribution in [3.63, 3.8) is 0 Å². The van der Waals surface area contributed by atoms with Gasteiger partial charge in [-0.2, -0.15) is 0 Å². The Labute approximate surface area is 106 Å². The highest BCUT2D eigenvalue weighted by molar-refractivity contribution is 5.89. The van der Waals surface area contributed by atoms with Gasteiger partial charge in [0.15, 0.2) is 0 Å². The first-order valence-corrected chi connectivity index (χ1v) is 5.89. The molecule has 0 aromatic carbocycles. The average Bonchev–Trinajstić information content (AvgIpc) is 2.78. The molecule has 0 radical (unpaired) electrons. The summed E-state index contributed by atoms with van der Waals surface area (Å²) < 4.78 is 12.9. The highest BCUT2D eigenvalue weighted by Crippen LogP contribution is 2.15. The van der Waals surface area contributed by atoms with E-state index < -0.39 is 5.82 Å². The smallest absolute Gasteiger partial charge is 0.321 e. The zero-order valence-corrected chi connectivity index (χ0v) is 10.6. The second-order valence-electron chi connectivity index (χ2n) is 4.67. The first kappa shape index (κ1) is 12.8. The predicted molar refractivity (Wildman–Crippen MR) is 66.9 cm³/mol. The number of carbonyl (C=O) groups is 1. The highest BCUT2D eigenvalue weighted by Gasteiger charge is 2.27. The number of pyridine rings is 1. The van der Waals surface area contributed by atoms with E-state index in [1.54, 1.807) is 4.90 Å². The van der Waals surface area contributed by atoms with Crippen LogP contribution in [-0.4, -0.2) is 54.0 Å². The van der Waals surface area contributed by atoms with Gasteiger partial charge in [-0.1, -0.05) is 0 Å². The fraction of sp³-hybridized carbons (Fsp3) is 0.500. The molecule has 1 aromatic heterocycles. The van der Waals surface area contributed by atoms with Gasteiger partial charge in [0.1, 0.15) is 5.82 Å². The Morgan fingerprint density at radius 1 is 1.56 bits per heavy atom. The number of hydrogen-bond acceptors (Lipinski definition) is 3. The van der Waals surface area contributed by atoms with Crippen molar-refractivity contribution in [1.82, 2.24) is 14.8 Å². The van der Waals surface area contributed by atoms with Crippen LogP contribution in [0, 0.1) is 5.82 Å². The third kappa shape index (κ3) is 2.95. The Kier molecular flexibility index (Phi) is 3.76. The molecule has 98 valence electrons. The fourth-order valence-corrected chi connectivity index (χ4v) is 2.03. The molecule has 1 fully saturated rings. The molecule has 18 heavy (non-hydrogen) atoms. The fourth-order valence-electron chi connectivity index (χ4n) is 2.03. The van der Waals surface area contributed by atoms with Crippen LogP contribution in [0.15, 0.2) is 18.5 Å². The van der Waals surface area contributed by atoms with Gasteiger partial charge < -0.3 is 15.1 Å². The third-order valence-corrected chi connectivity index (χ3v) is 3.14. The number of nitrogens with zero attached hydrogens (tertiary/aromatic N) is 3. The van der Waals surface area contributed by atoms with Crippen molar-refractivity contribution in [3.05, 3.63) is 24.3 Å². The average molecular weight is 252 g/mol. The van der Waals surface area contributed by atoms with Crippen LogP contribution in [0.5, 0.6) is 0 Å². The lowest BCUT2D eigenvalue weighted by Gasteiger charge is -2.20. The second kappa shape index (κ2) is 5.30. The molecule has 1 aliphatic rings. The van der Waals surface area contributed by atoms with Crippen molar-refractivity contribution < 1.29 is 9.18 Å². The third-order valence-electron chi connectivity index (χ3n) is 3.14. The Morgan fingerprint density at radius 2 is 2.33 bits per heavy atom. The molecular formula is C12H17FN4O. The van der Waals surface area contributed by atoms with Gasteiger partial charge in [-0.3, -0.25) is 4.98 Å². The van der Waals surface area contributed by atoms with Crippen LogP contribution in [0.2, 0.25) is 0 Å². The number of amides is 2. The number of nitrogens with one attached hydrogen (secondary N) is 1. The summed E-state index contributed by atoms with van der Waals surface area (Å²) in [7, 11) is 4.01. The Bertz CT molecular complexity index is 438. The molecule has 1 aliphatic heterocycles. The minimum Gasteiger partial charge on any atom is -0.323 e. The van der Waals surface area contributed by atoms with Crippen molar-refractivity contribution in [1.29, 1.82) is 0 Å². The summed E-state index contributed by atoms with van der Waals surface area (Å²) in [6.07, 6.45) is 3.50. The van der Waals surface area contributed by atoms with Gasteiger partial charge in [-0.15, -0.1) is 0 Å². The minimum absolute atomic E-state index is 0.202. The number of rotatable bonds is 2. The Morgan fingerprint density at radius 3 is 2.94 bits per heavy atom. The Hall–Kier alpha value is -1.69. The van der Waals surface area contributed by atoms with Crippen LogP contribution in [0.25, 0.3) is 0 Å². The summed E-state index contributed by atoms with van der Waals surface area (Å²) in [5.41, 5.74) is 0.383. The number of urea groups is 1. The number of aromatic nitrogens is 1. The van der Waals surface area contributed by atoms with Crippen LogP contribution >= 0.6 is 0 Å². The minimum atomic E-state index is -0.458. The summed E-state index contributed by atoms with van der Waals surface area (Å²) in [5, 5.41) is 2.65. The maximum atomic E-state index is 12.9. The normalized spacial score (nSPS) is 19.3. The number of halogens is 1. The molecule has 1 unspecified atom stereocenters. The number of likely N-dealkylation sites (N-methyl/N-ethyl adjacent to an activating group) is 1. The lowest BCUT2D eigenvalue weighted by Crippen LogP contribution is -2.36. The monoisotopic (exact) mass is 252 g/mol. The maximum Gasteiger partial charge on any atom is 0.321 e. The first-order valence-electron chi connectivity index (χ1n) is 5.89. The molecule has 0 spiro atoms. The lowest BCUT2D eigenvalue weighted by atomic mass is 10.2. The van der Waals surface area contributed by atoms with E-state index in [9.17, 15) is 9.18 Å². The van der Waals surface area contributed by atoms with Crippen molar-refractivity contribution in [2.75, 3.05) is 32.5 Å². The van der Waals surface area contributed by atoms with Crippen LogP contribution < -0.4 is 5.32 Å². The standard InChI is InChI=1S/C12H17FN4O/c1-16(2)11-3-4-17(8-11)12(18)15-10-5-9(13)6-14-7-10/h5-7,11H,3-4,8H2,1-2H3,(H,15,18). The SMILES string of the molecule is CN(C)C1CCN(C(=O)Nc2cncc(F)c2)C1. The van der Waals surface area contributed by atoms with E-state index in [-0.39, 0.29) is 6.03 Å². The van der Waals surface area contributed by atoms with E-state index in [4.69, 9.17) is 0 Å². The Balaban J connectivity index is 1.93. The van der Waals surface area contributed by atoms with Gasteiger partial charge in [0, 0.05) is 25.2 Å². The van der Waals surface area contributed by atoms with E-state index in [2.05, 4.69) is 15.2 Å². The summed E-state index contributed by atoms with van der Waals surface area (Å²) in [4.78, 5) is 19.5. The second-order valence-corrected chi connectivity index (χ2v) is 4.67. The summed E-state index contributed by atoms with van der Waals surface area (Å²) in [6, 6.07) is 1.44. The summed E-state index contributed by atoms with van der Waals surface area (Å²) in [6.45, 7) is 1.42. The van der Waals surface area contributed by atoms with Crippen molar-refractivity contribution in [2.24, 2.45) is 0 Å². The maximum absolute atomic E-state index is 12.9. The molecule has 6 heteroatoms. The largest absolute Gasteiger partial charge is 0.323 e. The van der Waals surface area contributed by atoms with Gasteiger partial charge in [-0.05, 0) is 20.5 Å². The molecule has 2 rings (SSSR count). The van der Waals surface area contributed by atoms with E-state index >= 15 is 0 Å². The number of anilines is 1. The van der Waals surface area contributed by atoms with Gasteiger partial charge in [0.05, 0.1) is 18.1 Å². The molecule has 2 amide bonds. The zero-order valence-electron chi connectivity index (χ0n) is 10.6. The van der Waals surface area contributed by atoms with E-state index in [0.29, 0.717) is 18.3 Å². The molecule has 1 atom stereocenters. The zero-order chi connectivity index (χ0) is 13.1. The molecule has 1 aromatic rings. The number of carbonyl (C=O) groups excluding carboxylic acids is 1. The molecule has 1 N–H and O–H groups in total. The number of likely N-dealkylation sites (tertiary alicyclic amines) is 1. The van der Waals surface area contributed by atoms with Crippen molar-refractivity contribution in [2.45, 2.75) is 12.5 Å². The predicted octanol–water partition coefficient (Wildman–Crippen LogP) is 1.39. The van der Waals surface area contributed by atoms with Gasteiger partial charge in [0.2, 0.25) is 0 Å². The lowest BCUT2D eigenvalue weighted by molar-refractivity contribution is 0.216. The van der Waals surface area contributed by atoms with E-state index in [0.717, 1.165) is 19.2 Å². The highest BCUT2D eigenvalue weighted by atomic mass is 19.1. The van der Waals surface area contributed by atoms with Crippen LogP contribution in [0.3, 0.4) is 0 Å². The van der Waals surface area contributed by atoms with Crippen LogP contribution in [0.4, 0.5) is 14.9 Å². The topological polar surface area (TPSA) is 48.5 Å². The quantitative estimate of drug-likeness (QED) is 0.865. The van der Waals surface area contributed by atoms with Gasteiger partial charge in [-0.25, -0.2) is 9.18 Å². The van der Waals surface area contributed by atoms with Crippen molar-refractivity contribution >= 4 is 11.7 Å². The van der Waals surface area contributed by atoms with Gasteiger partial charge in [0.25, 0.3) is 0 Å².